The molecular weight excluding hydrogens is 711 g/mol. The van der Waals surface area contributed by atoms with E-state index in [1.54, 1.807) is 0 Å². The summed E-state index contributed by atoms with van der Waals surface area (Å²) in [5.41, 5.74) is 14.8. The molecule has 0 unspecified atom stereocenters. The van der Waals surface area contributed by atoms with Gasteiger partial charge >= 0.3 is 0 Å². The highest BCUT2D eigenvalue weighted by molar-refractivity contribution is 6.22. The number of nitrogens with zero attached hydrogens (tertiary/aromatic N) is 1. The van der Waals surface area contributed by atoms with Gasteiger partial charge in [-0.15, -0.1) is 0 Å². The molecule has 12 aromatic rings. The van der Waals surface area contributed by atoms with Crippen LogP contribution in [0.3, 0.4) is 0 Å². The molecule has 4 nitrogen and oxygen atoms in total. The molecule has 0 aliphatic rings. The molecule has 0 N–H and O–H groups in total. The van der Waals surface area contributed by atoms with E-state index in [2.05, 4.69) is 193 Å². The summed E-state index contributed by atoms with van der Waals surface area (Å²) in [6, 6.07) is 70.1. The van der Waals surface area contributed by atoms with E-state index in [1.165, 1.54) is 5.56 Å². The molecule has 9 aromatic carbocycles. The first-order valence-corrected chi connectivity index (χ1v) is 19.6. The maximum Gasteiger partial charge on any atom is 0.143 e. The summed E-state index contributed by atoms with van der Waals surface area (Å²) in [6.07, 6.45) is 0. The van der Waals surface area contributed by atoms with Crippen LogP contribution in [0.25, 0.3) is 99.2 Å². The highest BCUT2D eigenvalue weighted by Gasteiger charge is 2.24. The first-order chi connectivity index (χ1) is 28.8. The molecule has 58 heavy (non-hydrogen) atoms. The highest BCUT2D eigenvalue weighted by atomic mass is 16.3. The van der Waals surface area contributed by atoms with Gasteiger partial charge in [0.15, 0.2) is 0 Å². The van der Waals surface area contributed by atoms with Crippen molar-refractivity contribution in [2.24, 2.45) is 0 Å². The number of anilines is 3. The van der Waals surface area contributed by atoms with Crippen molar-refractivity contribution in [3.05, 3.63) is 200 Å². The topological polar surface area (TPSA) is 42.7 Å². The van der Waals surface area contributed by atoms with Crippen LogP contribution >= 0.6 is 0 Å². The molecule has 0 atom stereocenters. The second-order valence-corrected chi connectivity index (χ2v) is 14.8. The first-order valence-electron chi connectivity index (χ1n) is 19.6. The lowest BCUT2D eigenvalue weighted by molar-refractivity contribution is 0.668. The molecule has 0 radical (unpaired) electrons. The summed E-state index contributed by atoms with van der Waals surface area (Å²) in [4.78, 5) is 2.34. The molecule has 0 fully saturated rings. The van der Waals surface area contributed by atoms with E-state index < -0.39 is 0 Å². The van der Waals surface area contributed by atoms with E-state index >= 15 is 0 Å². The van der Waals surface area contributed by atoms with Crippen LogP contribution in [-0.2, 0) is 0 Å². The van der Waals surface area contributed by atoms with Crippen molar-refractivity contribution in [3.8, 4) is 33.4 Å². The van der Waals surface area contributed by atoms with E-state index in [1.807, 2.05) is 12.1 Å². The van der Waals surface area contributed by atoms with E-state index in [0.29, 0.717) is 0 Å². The Morgan fingerprint density at radius 1 is 0.293 bits per heavy atom. The standard InChI is InChI=1S/C54H33NO3/c1-3-14-34(15-4-1)35-16-9-19-38(32-35)55(37-17-5-2-6-18-37)45-25-13-29-50-53(45)52-41(22-12-28-49(52)57-50)42-23-10-24-43-51-39(21-11-27-48(51)58-54(42)43)36-30-31-47-44(33-36)40-20-7-8-26-46(40)56-47/h1-33H. The molecule has 0 amide bonds. The van der Waals surface area contributed by atoms with Crippen LogP contribution < -0.4 is 4.90 Å². The van der Waals surface area contributed by atoms with Crippen LogP contribution in [0.2, 0.25) is 0 Å². The average Bonchev–Trinajstić information content (AvgIpc) is 3.99. The molecule has 0 spiro atoms. The fourth-order valence-electron chi connectivity index (χ4n) is 8.91. The minimum Gasteiger partial charge on any atom is -0.456 e. The first kappa shape index (κ1) is 32.4. The van der Waals surface area contributed by atoms with Gasteiger partial charge in [-0.1, -0.05) is 133 Å². The van der Waals surface area contributed by atoms with E-state index in [-0.39, 0.29) is 0 Å². The monoisotopic (exact) mass is 743 g/mol. The third-order valence-corrected chi connectivity index (χ3v) is 11.5. The predicted molar refractivity (Wildman–Crippen MR) is 239 cm³/mol. The largest absolute Gasteiger partial charge is 0.456 e. The fourth-order valence-corrected chi connectivity index (χ4v) is 8.91. The molecule has 0 aliphatic carbocycles. The Labute approximate surface area is 333 Å². The van der Waals surface area contributed by atoms with Gasteiger partial charge < -0.3 is 18.2 Å². The fraction of sp³-hybridized carbons (Fsp3) is 0. The van der Waals surface area contributed by atoms with Crippen molar-refractivity contribution in [3.63, 3.8) is 0 Å². The van der Waals surface area contributed by atoms with Gasteiger partial charge in [0.05, 0.1) is 11.1 Å². The molecule has 3 aromatic heterocycles. The SMILES string of the molecule is c1ccc(-c2cccc(N(c3ccccc3)c3cccc4oc5cccc(-c6cccc7c6oc6cccc(-c8ccc9oc%10ccccc%10c9c8)c67)c5c34)c2)cc1. The zero-order valence-electron chi connectivity index (χ0n) is 31.2. The number of para-hydroxylation sites is 3. The van der Waals surface area contributed by atoms with Gasteiger partial charge in [0.2, 0.25) is 0 Å². The number of fused-ring (bicyclic) bond motifs is 9. The van der Waals surface area contributed by atoms with Crippen LogP contribution in [0.15, 0.2) is 213 Å². The quantitative estimate of drug-likeness (QED) is 0.170. The third kappa shape index (κ3) is 5.02. The minimum atomic E-state index is 0.820. The molecule has 272 valence electrons. The molecule has 12 rings (SSSR count). The molecule has 4 heteroatoms. The number of benzene rings is 9. The van der Waals surface area contributed by atoms with E-state index in [9.17, 15) is 0 Å². The molecule has 0 saturated heterocycles. The smallest absolute Gasteiger partial charge is 0.143 e. The predicted octanol–water partition coefficient (Wildman–Crippen LogP) is 15.9. The van der Waals surface area contributed by atoms with Crippen LogP contribution in [0.1, 0.15) is 0 Å². The average molecular weight is 744 g/mol. The Hall–Kier alpha value is -7.82. The van der Waals surface area contributed by atoms with E-state index in [0.717, 1.165) is 111 Å². The normalized spacial score (nSPS) is 11.8. The lowest BCUT2D eigenvalue weighted by atomic mass is 9.94. The number of hydrogen-bond donors (Lipinski definition) is 0. The Kier molecular flexibility index (Phi) is 7.20. The number of hydrogen-bond acceptors (Lipinski definition) is 4. The summed E-state index contributed by atoms with van der Waals surface area (Å²) in [7, 11) is 0. The van der Waals surface area contributed by atoms with Crippen molar-refractivity contribution in [2.45, 2.75) is 0 Å². The van der Waals surface area contributed by atoms with Crippen molar-refractivity contribution in [1.82, 2.24) is 0 Å². The lowest BCUT2D eigenvalue weighted by Crippen LogP contribution is -2.10. The van der Waals surface area contributed by atoms with Crippen LogP contribution in [0, 0.1) is 0 Å². The number of furan rings is 3. The molecule has 0 bridgehead atoms. The van der Waals surface area contributed by atoms with Gasteiger partial charge in [-0.25, -0.2) is 0 Å². The van der Waals surface area contributed by atoms with Gasteiger partial charge in [0.1, 0.15) is 33.5 Å². The second kappa shape index (κ2) is 12.9. The van der Waals surface area contributed by atoms with Crippen molar-refractivity contribution < 1.29 is 13.3 Å². The van der Waals surface area contributed by atoms with Gasteiger partial charge in [0, 0.05) is 43.9 Å². The maximum atomic E-state index is 6.89. The van der Waals surface area contributed by atoms with Crippen LogP contribution in [0.4, 0.5) is 17.1 Å². The Bertz CT molecular complexity index is 3520. The summed E-state index contributed by atoms with van der Waals surface area (Å²) in [6.45, 7) is 0. The van der Waals surface area contributed by atoms with Crippen molar-refractivity contribution in [2.75, 3.05) is 4.90 Å². The summed E-state index contributed by atoms with van der Waals surface area (Å²) >= 11 is 0. The minimum absolute atomic E-state index is 0.820. The van der Waals surface area contributed by atoms with Crippen molar-refractivity contribution in [1.29, 1.82) is 0 Å². The summed E-state index contributed by atoms with van der Waals surface area (Å²) in [5.74, 6) is 0. The molecule has 3 heterocycles. The second-order valence-electron chi connectivity index (χ2n) is 14.8. The zero-order valence-corrected chi connectivity index (χ0v) is 31.2. The molecule has 0 aliphatic heterocycles. The Morgan fingerprint density at radius 3 is 1.74 bits per heavy atom. The summed E-state index contributed by atoms with van der Waals surface area (Å²) in [5, 5.41) is 6.44. The Morgan fingerprint density at radius 2 is 0.879 bits per heavy atom. The molecular formula is C54H33NO3. The van der Waals surface area contributed by atoms with Gasteiger partial charge in [0.25, 0.3) is 0 Å². The van der Waals surface area contributed by atoms with E-state index in [4.69, 9.17) is 13.3 Å². The maximum absolute atomic E-state index is 6.89. The summed E-state index contributed by atoms with van der Waals surface area (Å²) < 4.78 is 19.8. The molecule has 0 saturated carbocycles. The van der Waals surface area contributed by atoms with Gasteiger partial charge in [-0.2, -0.15) is 0 Å². The Balaban J connectivity index is 1.08. The van der Waals surface area contributed by atoms with Crippen LogP contribution in [-0.4, -0.2) is 0 Å². The number of rotatable bonds is 6. The van der Waals surface area contributed by atoms with Gasteiger partial charge in [-0.05, 0) is 94.5 Å². The third-order valence-electron chi connectivity index (χ3n) is 11.5. The highest BCUT2D eigenvalue weighted by Crippen LogP contribution is 2.48. The van der Waals surface area contributed by atoms with Crippen LogP contribution in [0.5, 0.6) is 0 Å². The van der Waals surface area contributed by atoms with Gasteiger partial charge in [-0.3, -0.25) is 0 Å². The van der Waals surface area contributed by atoms with Crippen molar-refractivity contribution >= 4 is 82.9 Å². The zero-order chi connectivity index (χ0) is 38.2. The lowest BCUT2D eigenvalue weighted by Gasteiger charge is -2.27.